The van der Waals surface area contributed by atoms with Gasteiger partial charge in [0.25, 0.3) is 0 Å². The average Bonchev–Trinajstić information content (AvgIpc) is 2.75. The number of hydrogen-bond acceptors (Lipinski definition) is 2. The number of carbonyl (C=O) groups is 1. The Hall–Kier alpha value is -0.570. The molecule has 1 saturated carbocycles. The van der Waals surface area contributed by atoms with Crippen LogP contribution in [0.5, 0.6) is 0 Å². The van der Waals surface area contributed by atoms with Gasteiger partial charge in [-0.1, -0.05) is 13.8 Å². The lowest BCUT2D eigenvalue weighted by atomic mass is 9.95. The highest BCUT2D eigenvalue weighted by Gasteiger charge is 2.46. The predicted molar refractivity (Wildman–Crippen MR) is 63.3 cm³/mol. The maximum Gasteiger partial charge on any atom is 0.303 e. The van der Waals surface area contributed by atoms with Crippen LogP contribution in [0.4, 0.5) is 0 Å². The summed E-state index contributed by atoms with van der Waals surface area (Å²) >= 11 is 0. The van der Waals surface area contributed by atoms with Crippen LogP contribution in [0.3, 0.4) is 0 Å². The van der Waals surface area contributed by atoms with Crippen LogP contribution in [0, 0.1) is 17.3 Å². The van der Waals surface area contributed by atoms with E-state index in [1.165, 1.54) is 19.5 Å². The molecule has 1 aliphatic carbocycles. The summed E-state index contributed by atoms with van der Waals surface area (Å²) < 4.78 is 0. The highest BCUT2D eigenvalue weighted by molar-refractivity contribution is 5.68. The Morgan fingerprint density at radius 1 is 1.50 bits per heavy atom. The molecule has 1 heterocycles. The Labute approximate surface area is 97.8 Å². The van der Waals surface area contributed by atoms with Gasteiger partial charge in [0.2, 0.25) is 0 Å². The molecule has 0 spiro atoms. The fourth-order valence-corrected chi connectivity index (χ4v) is 2.91. The molecule has 1 atom stereocenters. The molecule has 0 bridgehead atoms. The topological polar surface area (TPSA) is 40.5 Å². The largest absolute Gasteiger partial charge is 0.481 e. The minimum atomic E-state index is -0.628. The van der Waals surface area contributed by atoms with Gasteiger partial charge in [-0.2, -0.15) is 0 Å². The summed E-state index contributed by atoms with van der Waals surface area (Å²) in [5.41, 5.74) is 0.137. The number of nitrogens with zero attached hydrogens (tertiary/aromatic N) is 1. The first-order valence-corrected chi connectivity index (χ1v) is 6.45. The molecule has 0 radical (unpaired) electrons. The van der Waals surface area contributed by atoms with E-state index in [4.69, 9.17) is 5.11 Å². The Morgan fingerprint density at radius 3 is 2.62 bits per heavy atom. The van der Waals surface area contributed by atoms with Crippen LogP contribution in [0.15, 0.2) is 0 Å². The second-order valence-corrected chi connectivity index (χ2v) is 6.10. The van der Waals surface area contributed by atoms with Crippen LogP contribution in [0.2, 0.25) is 0 Å². The van der Waals surface area contributed by atoms with Gasteiger partial charge in [0.05, 0.1) is 6.42 Å². The number of carboxylic acids is 1. The highest BCUT2D eigenvalue weighted by Crippen LogP contribution is 2.50. The van der Waals surface area contributed by atoms with Gasteiger partial charge in [0, 0.05) is 13.1 Å². The number of hydrogen-bond donors (Lipinski definition) is 1. The van der Waals surface area contributed by atoms with E-state index < -0.39 is 5.97 Å². The van der Waals surface area contributed by atoms with E-state index in [0.29, 0.717) is 6.42 Å². The average molecular weight is 225 g/mol. The summed E-state index contributed by atoms with van der Waals surface area (Å²) in [5.74, 6) is 0.956. The molecule has 2 fully saturated rings. The molecule has 92 valence electrons. The minimum absolute atomic E-state index is 0.137. The van der Waals surface area contributed by atoms with Crippen molar-refractivity contribution in [2.45, 2.75) is 39.5 Å². The van der Waals surface area contributed by atoms with Crippen molar-refractivity contribution in [3.63, 3.8) is 0 Å². The summed E-state index contributed by atoms with van der Waals surface area (Å²) in [6, 6.07) is 0. The van der Waals surface area contributed by atoms with Crippen LogP contribution in [-0.4, -0.2) is 35.6 Å². The maximum absolute atomic E-state index is 10.8. The van der Waals surface area contributed by atoms with E-state index in [1.54, 1.807) is 0 Å². The van der Waals surface area contributed by atoms with Crippen molar-refractivity contribution in [1.29, 1.82) is 0 Å². The Balaban J connectivity index is 1.81. The minimum Gasteiger partial charge on any atom is -0.481 e. The van der Waals surface area contributed by atoms with Crippen LogP contribution in [0.25, 0.3) is 0 Å². The van der Waals surface area contributed by atoms with E-state index in [1.807, 2.05) is 0 Å². The summed E-state index contributed by atoms with van der Waals surface area (Å²) in [6.45, 7) is 7.95. The third-order valence-electron chi connectivity index (χ3n) is 4.29. The van der Waals surface area contributed by atoms with Gasteiger partial charge in [0.15, 0.2) is 0 Å². The van der Waals surface area contributed by atoms with Crippen LogP contribution < -0.4 is 0 Å². The molecule has 0 amide bonds. The van der Waals surface area contributed by atoms with Crippen molar-refractivity contribution in [2.75, 3.05) is 19.6 Å². The third-order valence-corrected chi connectivity index (χ3v) is 4.29. The van der Waals surface area contributed by atoms with Crippen molar-refractivity contribution in [1.82, 2.24) is 4.90 Å². The molecule has 3 heteroatoms. The van der Waals surface area contributed by atoms with Gasteiger partial charge in [-0.3, -0.25) is 4.79 Å². The van der Waals surface area contributed by atoms with Gasteiger partial charge < -0.3 is 10.0 Å². The standard InChI is InChI=1S/C13H23NO2/c1-10(2)11-3-6-14(8-11)9-13(4-5-13)7-12(15)16/h10-11H,3-9H2,1-2H3,(H,15,16). The Morgan fingerprint density at radius 2 is 2.19 bits per heavy atom. The summed E-state index contributed by atoms with van der Waals surface area (Å²) in [5, 5.41) is 8.88. The first-order valence-electron chi connectivity index (χ1n) is 6.45. The number of rotatable bonds is 5. The summed E-state index contributed by atoms with van der Waals surface area (Å²) in [7, 11) is 0. The van der Waals surface area contributed by atoms with Gasteiger partial charge in [-0.15, -0.1) is 0 Å². The number of likely N-dealkylation sites (tertiary alicyclic amines) is 1. The highest BCUT2D eigenvalue weighted by atomic mass is 16.4. The van der Waals surface area contributed by atoms with Crippen LogP contribution in [0.1, 0.15) is 39.5 Å². The fourth-order valence-electron chi connectivity index (χ4n) is 2.91. The number of aliphatic carboxylic acids is 1. The molecule has 0 aromatic heterocycles. The van der Waals surface area contributed by atoms with Crippen LogP contribution in [-0.2, 0) is 4.79 Å². The van der Waals surface area contributed by atoms with Crippen LogP contribution >= 0.6 is 0 Å². The zero-order valence-electron chi connectivity index (χ0n) is 10.4. The van der Waals surface area contributed by atoms with Crippen molar-refractivity contribution < 1.29 is 9.90 Å². The molecule has 3 nitrogen and oxygen atoms in total. The zero-order chi connectivity index (χ0) is 11.8. The molecule has 1 aliphatic heterocycles. The normalized spacial score (nSPS) is 28.6. The molecule has 1 unspecified atom stereocenters. The monoisotopic (exact) mass is 225 g/mol. The van der Waals surface area contributed by atoms with Crippen molar-refractivity contribution in [3.05, 3.63) is 0 Å². The predicted octanol–water partition coefficient (Wildman–Crippen LogP) is 2.22. The Bertz CT molecular complexity index is 271. The number of carboxylic acid groups (broad SMARTS) is 1. The molecule has 0 aromatic rings. The quantitative estimate of drug-likeness (QED) is 0.780. The molecule has 1 N–H and O–H groups in total. The van der Waals surface area contributed by atoms with E-state index in [-0.39, 0.29) is 5.41 Å². The lowest BCUT2D eigenvalue weighted by molar-refractivity contribution is -0.138. The SMILES string of the molecule is CC(C)C1CCN(CC2(CC(=O)O)CC2)C1. The van der Waals surface area contributed by atoms with Crippen molar-refractivity contribution >= 4 is 5.97 Å². The van der Waals surface area contributed by atoms with Crippen molar-refractivity contribution in [3.8, 4) is 0 Å². The summed E-state index contributed by atoms with van der Waals surface area (Å²) in [4.78, 5) is 13.3. The zero-order valence-corrected chi connectivity index (χ0v) is 10.4. The first-order chi connectivity index (χ1) is 7.51. The molecule has 0 aromatic carbocycles. The molecule has 2 rings (SSSR count). The second-order valence-electron chi connectivity index (χ2n) is 6.10. The van der Waals surface area contributed by atoms with Crippen molar-refractivity contribution in [2.24, 2.45) is 17.3 Å². The molecule has 16 heavy (non-hydrogen) atoms. The van der Waals surface area contributed by atoms with E-state index in [2.05, 4.69) is 18.7 Å². The third kappa shape index (κ3) is 2.76. The first kappa shape index (κ1) is 11.9. The van der Waals surface area contributed by atoms with Gasteiger partial charge in [-0.05, 0) is 43.1 Å². The second kappa shape index (κ2) is 4.36. The lowest BCUT2D eigenvalue weighted by Crippen LogP contribution is -2.30. The lowest BCUT2D eigenvalue weighted by Gasteiger charge is -2.22. The fraction of sp³-hybridized carbons (Fsp3) is 0.923. The molecule has 2 aliphatic rings. The van der Waals surface area contributed by atoms with E-state index >= 15 is 0 Å². The molecular weight excluding hydrogens is 202 g/mol. The van der Waals surface area contributed by atoms with Gasteiger partial charge >= 0.3 is 5.97 Å². The molecular formula is C13H23NO2. The maximum atomic E-state index is 10.8. The smallest absolute Gasteiger partial charge is 0.303 e. The molecule has 1 saturated heterocycles. The van der Waals surface area contributed by atoms with Gasteiger partial charge in [-0.25, -0.2) is 0 Å². The van der Waals surface area contributed by atoms with Gasteiger partial charge in [0.1, 0.15) is 0 Å². The Kier molecular flexibility index (Phi) is 3.24. The summed E-state index contributed by atoms with van der Waals surface area (Å²) in [6.07, 6.45) is 3.89. The van der Waals surface area contributed by atoms with E-state index in [9.17, 15) is 4.79 Å². The van der Waals surface area contributed by atoms with E-state index in [0.717, 1.165) is 31.2 Å².